The maximum Gasteiger partial charge on any atom is 0.244 e. The maximum atomic E-state index is 5.30. The molecule has 6 nitrogen and oxygen atoms in total. The monoisotopic (exact) mass is 223 g/mol. The molecule has 1 N–H and O–H groups in total. The quantitative estimate of drug-likeness (QED) is 0.803. The number of aromatic nitrogens is 3. The summed E-state index contributed by atoms with van der Waals surface area (Å²) >= 11 is 0. The highest BCUT2D eigenvalue weighted by molar-refractivity contribution is 5.40. The molecule has 6 heteroatoms. The molecule has 0 spiro atoms. The van der Waals surface area contributed by atoms with Gasteiger partial charge in [-0.1, -0.05) is 6.92 Å². The summed E-state index contributed by atoms with van der Waals surface area (Å²) in [6.45, 7) is 6.21. The van der Waals surface area contributed by atoms with Gasteiger partial charge >= 0.3 is 0 Å². The Morgan fingerprint density at radius 2 is 2.25 bits per heavy atom. The van der Waals surface area contributed by atoms with Crippen molar-refractivity contribution in [3.8, 4) is 0 Å². The van der Waals surface area contributed by atoms with Crippen LogP contribution in [-0.4, -0.2) is 48.0 Å². The molecule has 0 saturated carbocycles. The molecule has 2 heterocycles. The summed E-state index contributed by atoms with van der Waals surface area (Å²) in [5.41, 5.74) is 0. The molecular formula is C10H17N5O. The van der Waals surface area contributed by atoms with Gasteiger partial charge in [0.2, 0.25) is 5.95 Å². The summed E-state index contributed by atoms with van der Waals surface area (Å²) in [7, 11) is 0. The van der Waals surface area contributed by atoms with Crippen LogP contribution in [0.5, 0.6) is 0 Å². The highest BCUT2D eigenvalue weighted by atomic mass is 16.5. The molecule has 0 unspecified atom stereocenters. The van der Waals surface area contributed by atoms with Crippen molar-refractivity contribution in [2.75, 3.05) is 43.1 Å². The van der Waals surface area contributed by atoms with Crippen molar-refractivity contribution in [3.63, 3.8) is 0 Å². The number of hydrogen-bond acceptors (Lipinski definition) is 6. The molecule has 1 aliphatic rings. The largest absolute Gasteiger partial charge is 0.378 e. The lowest BCUT2D eigenvalue weighted by molar-refractivity contribution is 0.122. The zero-order valence-electron chi connectivity index (χ0n) is 9.52. The SMILES string of the molecule is CCCNc1nncc(N2CCOCC2)n1. The molecule has 0 atom stereocenters. The molecule has 1 saturated heterocycles. The van der Waals surface area contributed by atoms with Gasteiger partial charge in [-0.05, 0) is 6.42 Å². The molecule has 16 heavy (non-hydrogen) atoms. The fraction of sp³-hybridized carbons (Fsp3) is 0.700. The molecular weight excluding hydrogens is 206 g/mol. The standard InChI is InChI=1S/C10H17N5O/c1-2-3-11-10-13-9(8-12-14-10)15-4-6-16-7-5-15/h8H,2-7H2,1H3,(H,11,13,14). The minimum Gasteiger partial charge on any atom is -0.378 e. The lowest BCUT2D eigenvalue weighted by atomic mass is 10.4. The predicted octanol–water partition coefficient (Wildman–Crippen LogP) is 0.530. The van der Waals surface area contributed by atoms with E-state index in [0.29, 0.717) is 5.95 Å². The Balaban J connectivity index is 2.02. The summed E-state index contributed by atoms with van der Waals surface area (Å²) in [6, 6.07) is 0. The van der Waals surface area contributed by atoms with E-state index < -0.39 is 0 Å². The van der Waals surface area contributed by atoms with Crippen LogP contribution in [0.1, 0.15) is 13.3 Å². The van der Waals surface area contributed by atoms with Gasteiger partial charge in [-0.3, -0.25) is 0 Å². The Labute approximate surface area is 95.0 Å². The third-order valence-corrected chi connectivity index (χ3v) is 2.41. The van der Waals surface area contributed by atoms with E-state index >= 15 is 0 Å². The van der Waals surface area contributed by atoms with E-state index in [9.17, 15) is 0 Å². The molecule has 0 bridgehead atoms. The Morgan fingerprint density at radius 1 is 1.44 bits per heavy atom. The van der Waals surface area contributed by atoms with Gasteiger partial charge in [0.15, 0.2) is 5.82 Å². The molecule has 0 aliphatic carbocycles. The predicted molar refractivity (Wildman–Crippen MR) is 61.6 cm³/mol. The normalized spacial score (nSPS) is 16.2. The van der Waals surface area contributed by atoms with Gasteiger partial charge in [0, 0.05) is 19.6 Å². The van der Waals surface area contributed by atoms with Gasteiger partial charge in [0.05, 0.1) is 19.4 Å². The first-order valence-electron chi connectivity index (χ1n) is 5.66. The molecule has 0 radical (unpaired) electrons. The second-order valence-electron chi connectivity index (χ2n) is 3.66. The third-order valence-electron chi connectivity index (χ3n) is 2.41. The third kappa shape index (κ3) is 2.79. The van der Waals surface area contributed by atoms with Crippen LogP contribution in [0.2, 0.25) is 0 Å². The molecule has 0 amide bonds. The van der Waals surface area contributed by atoms with Gasteiger partial charge in [-0.25, -0.2) is 0 Å². The number of ether oxygens (including phenoxy) is 1. The Morgan fingerprint density at radius 3 is 3.00 bits per heavy atom. The number of nitrogens with one attached hydrogen (secondary N) is 1. The van der Waals surface area contributed by atoms with Gasteiger partial charge < -0.3 is 15.0 Å². The van der Waals surface area contributed by atoms with Crippen LogP contribution in [0, 0.1) is 0 Å². The lowest BCUT2D eigenvalue weighted by Gasteiger charge is -2.27. The number of hydrogen-bond donors (Lipinski definition) is 1. The maximum absolute atomic E-state index is 5.30. The number of anilines is 2. The second kappa shape index (κ2) is 5.60. The highest BCUT2D eigenvalue weighted by Gasteiger charge is 2.13. The van der Waals surface area contributed by atoms with E-state index in [4.69, 9.17) is 4.74 Å². The first-order valence-corrected chi connectivity index (χ1v) is 5.66. The lowest BCUT2D eigenvalue weighted by Crippen LogP contribution is -2.37. The molecule has 2 rings (SSSR count). The van der Waals surface area contributed by atoms with E-state index in [1.165, 1.54) is 0 Å². The molecule has 1 aliphatic heterocycles. The van der Waals surface area contributed by atoms with Crippen LogP contribution in [0.4, 0.5) is 11.8 Å². The van der Waals surface area contributed by atoms with Crippen molar-refractivity contribution in [1.29, 1.82) is 0 Å². The van der Waals surface area contributed by atoms with E-state index in [1.807, 2.05) is 0 Å². The van der Waals surface area contributed by atoms with Crippen LogP contribution in [0.15, 0.2) is 6.20 Å². The van der Waals surface area contributed by atoms with Crippen molar-refractivity contribution in [2.45, 2.75) is 13.3 Å². The zero-order chi connectivity index (χ0) is 11.2. The fourth-order valence-electron chi connectivity index (χ4n) is 1.55. The van der Waals surface area contributed by atoms with E-state index in [0.717, 1.165) is 45.1 Å². The number of morpholine rings is 1. The number of nitrogens with zero attached hydrogens (tertiary/aromatic N) is 4. The van der Waals surface area contributed by atoms with Crippen LogP contribution in [-0.2, 0) is 4.74 Å². The Bertz CT molecular complexity index is 327. The zero-order valence-corrected chi connectivity index (χ0v) is 9.52. The second-order valence-corrected chi connectivity index (χ2v) is 3.66. The minimum atomic E-state index is 0.603. The average Bonchev–Trinajstić information content (AvgIpc) is 2.38. The van der Waals surface area contributed by atoms with Gasteiger partial charge in [0.1, 0.15) is 0 Å². The average molecular weight is 223 g/mol. The summed E-state index contributed by atoms with van der Waals surface area (Å²) in [5, 5.41) is 11.0. The van der Waals surface area contributed by atoms with E-state index in [-0.39, 0.29) is 0 Å². The van der Waals surface area contributed by atoms with Crippen molar-refractivity contribution >= 4 is 11.8 Å². The van der Waals surface area contributed by atoms with Crippen LogP contribution in [0.25, 0.3) is 0 Å². The molecule has 0 aromatic carbocycles. The number of rotatable bonds is 4. The molecule has 1 fully saturated rings. The summed E-state index contributed by atoms with van der Waals surface area (Å²) < 4.78 is 5.30. The molecule has 1 aromatic heterocycles. The summed E-state index contributed by atoms with van der Waals surface area (Å²) in [4.78, 5) is 6.58. The van der Waals surface area contributed by atoms with E-state index in [2.05, 4.69) is 32.3 Å². The summed E-state index contributed by atoms with van der Waals surface area (Å²) in [5.74, 6) is 1.47. The Hall–Kier alpha value is -1.43. The molecule has 1 aromatic rings. The van der Waals surface area contributed by atoms with E-state index in [1.54, 1.807) is 6.20 Å². The van der Waals surface area contributed by atoms with Crippen molar-refractivity contribution in [2.24, 2.45) is 0 Å². The van der Waals surface area contributed by atoms with Gasteiger partial charge in [0.25, 0.3) is 0 Å². The van der Waals surface area contributed by atoms with Gasteiger partial charge in [-0.15, -0.1) is 5.10 Å². The minimum absolute atomic E-state index is 0.603. The first-order chi connectivity index (χ1) is 7.90. The van der Waals surface area contributed by atoms with Crippen molar-refractivity contribution in [1.82, 2.24) is 15.2 Å². The van der Waals surface area contributed by atoms with Crippen LogP contribution < -0.4 is 10.2 Å². The van der Waals surface area contributed by atoms with Gasteiger partial charge in [-0.2, -0.15) is 10.1 Å². The van der Waals surface area contributed by atoms with Crippen molar-refractivity contribution < 1.29 is 4.74 Å². The Kier molecular flexibility index (Phi) is 3.87. The van der Waals surface area contributed by atoms with Crippen LogP contribution >= 0.6 is 0 Å². The topological polar surface area (TPSA) is 63.2 Å². The fourth-order valence-corrected chi connectivity index (χ4v) is 1.55. The summed E-state index contributed by atoms with van der Waals surface area (Å²) in [6.07, 6.45) is 2.74. The van der Waals surface area contributed by atoms with Crippen LogP contribution in [0.3, 0.4) is 0 Å². The van der Waals surface area contributed by atoms with Crippen molar-refractivity contribution in [3.05, 3.63) is 6.20 Å². The highest BCUT2D eigenvalue weighted by Crippen LogP contribution is 2.12. The first kappa shape index (κ1) is 11.1. The molecule has 88 valence electrons. The smallest absolute Gasteiger partial charge is 0.244 e.